The molecule has 0 spiro atoms. The molecule has 2 aromatic rings. The zero-order chi connectivity index (χ0) is 15.2. The normalized spacial score (nSPS) is 10.2. The lowest BCUT2D eigenvalue weighted by molar-refractivity contribution is 0.0948. The lowest BCUT2D eigenvalue weighted by atomic mass is 10.1. The van der Waals surface area contributed by atoms with E-state index in [0.29, 0.717) is 24.4 Å². The highest BCUT2D eigenvalue weighted by atomic mass is 16.5. The summed E-state index contributed by atoms with van der Waals surface area (Å²) in [6.07, 6.45) is 0. The second-order valence-electron chi connectivity index (χ2n) is 4.94. The fourth-order valence-electron chi connectivity index (χ4n) is 1.94. The van der Waals surface area contributed by atoms with Gasteiger partial charge < -0.3 is 15.8 Å². The van der Waals surface area contributed by atoms with Gasteiger partial charge in [-0.3, -0.25) is 4.79 Å². The maximum absolute atomic E-state index is 11.9. The standard InChI is InChI=1S/C17H20N2O2/c1-12-7-8-14(11-13(12)2)21-10-9-19-17(20)15-5-3-4-6-16(15)18/h3-8,11H,9-10,18H2,1-2H3,(H,19,20). The van der Waals surface area contributed by atoms with Crippen molar-refractivity contribution in [3.05, 3.63) is 59.2 Å². The van der Waals surface area contributed by atoms with E-state index in [1.807, 2.05) is 25.1 Å². The van der Waals surface area contributed by atoms with E-state index in [-0.39, 0.29) is 5.91 Å². The average Bonchev–Trinajstić information content (AvgIpc) is 2.47. The van der Waals surface area contributed by atoms with Crippen molar-refractivity contribution in [1.82, 2.24) is 5.32 Å². The van der Waals surface area contributed by atoms with Crippen LogP contribution in [0.5, 0.6) is 5.75 Å². The summed E-state index contributed by atoms with van der Waals surface area (Å²) in [6, 6.07) is 12.9. The third-order valence-electron chi connectivity index (χ3n) is 3.34. The van der Waals surface area contributed by atoms with Crippen LogP contribution in [0.15, 0.2) is 42.5 Å². The number of hydrogen-bond acceptors (Lipinski definition) is 3. The Labute approximate surface area is 124 Å². The second-order valence-corrected chi connectivity index (χ2v) is 4.94. The van der Waals surface area contributed by atoms with E-state index in [9.17, 15) is 4.79 Å². The van der Waals surface area contributed by atoms with Gasteiger partial charge in [-0.2, -0.15) is 0 Å². The minimum Gasteiger partial charge on any atom is -0.492 e. The van der Waals surface area contributed by atoms with Crippen LogP contribution in [-0.4, -0.2) is 19.1 Å². The Balaban J connectivity index is 1.81. The molecule has 0 unspecified atom stereocenters. The van der Waals surface area contributed by atoms with Gasteiger partial charge in [-0.25, -0.2) is 0 Å². The fourth-order valence-corrected chi connectivity index (χ4v) is 1.94. The molecule has 3 N–H and O–H groups in total. The molecule has 110 valence electrons. The van der Waals surface area contributed by atoms with Crippen LogP contribution in [0.3, 0.4) is 0 Å². The highest BCUT2D eigenvalue weighted by Gasteiger charge is 2.07. The Hall–Kier alpha value is -2.49. The summed E-state index contributed by atoms with van der Waals surface area (Å²) in [4.78, 5) is 11.9. The molecular weight excluding hydrogens is 264 g/mol. The van der Waals surface area contributed by atoms with Gasteiger partial charge >= 0.3 is 0 Å². The van der Waals surface area contributed by atoms with Gasteiger partial charge in [-0.05, 0) is 49.2 Å². The Bertz CT molecular complexity index is 638. The number of nitrogens with two attached hydrogens (primary N) is 1. The zero-order valence-corrected chi connectivity index (χ0v) is 12.3. The van der Waals surface area contributed by atoms with Gasteiger partial charge in [0.15, 0.2) is 0 Å². The van der Waals surface area contributed by atoms with E-state index >= 15 is 0 Å². The van der Waals surface area contributed by atoms with Crippen molar-refractivity contribution in [3.63, 3.8) is 0 Å². The minimum atomic E-state index is -0.184. The van der Waals surface area contributed by atoms with Crippen LogP contribution in [0.25, 0.3) is 0 Å². The molecule has 1 amide bonds. The number of benzene rings is 2. The van der Waals surface area contributed by atoms with Crippen LogP contribution < -0.4 is 15.8 Å². The molecule has 0 heterocycles. The van der Waals surface area contributed by atoms with Crippen LogP contribution in [0.4, 0.5) is 5.69 Å². The summed E-state index contributed by atoms with van der Waals surface area (Å²) in [6.45, 7) is 4.95. The third-order valence-corrected chi connectivity index (χ3v) is 3.34. The highest BCUT2D eigenvalue weighted by molar-refractivity contribution is 5.99. The fraction of sp³-hybridized carbons (Fsp3) is 0.235. The number of anilines is 1. The van der Waals surface area contributed by atoms with Gasteiger partial charge in [0, 0.05) is 5.69 Å². The van der Waals surface area contributed by atoms with Gasteiger partial charge in [0.05, 0.1) is 12.1 Å². The predicted octanol–water partition coefficient (Wildman–Crippen LogP) is 2.69. The molecular formula is C17H20N2O2. The number of ether oxygens (including phenoxy) is 1. The first-order valence-electron chi connectivity index (χ1n) is 6.90. The van der Waals surface area contributed by atoms with E-state index in [1.165, 1.54) is 11.1 Å². The number of carbonyl (C=O) groups is 1. The topological polar surface area (TPSA) is 64.3 Å². The average molecular weight is 284 g/mol. The summed E-state index contributed by atoms with van der Waals surface area (Å²) in [5, 5.41) is 2.79. The minimum absolute atomic E-state index is 0.184. The van der Waals surface area contributed by atoms with Crippen molar-refractivity contribution in [2.24, 2.45) is 0 Å². The third kappa shape index (κ3) is 3.99. The van der Waals surface area contributed by atoms with Crippen LogP contribution in [0.1, 0.15) is 21.5 Å². The molecule has 4 heteroatoms. The SMILES string of the molecule is Cc1ccc(OCCNC(=O)c2ccccc2N)cc1C. The number of para-hydroxylation sites is 1. The van der Waals surface area contributed by atoms with Gasteiger partial charge in [0.25, 0.3) is 5.91 Å². The quantitative estimate of drug-likeness (QED) is 0.655. The Morgan fingerprint density at radius 3 is 2.62 bits per heavy atom. The van der Waals surface area contributed by atoms with Gasteiger partial charge in [0.2, 0.25) is 0 Å². The molecule has 0 fully saturated rings. The first-order chi connectivity index (χ1) is 10.1. The zero-order valence-electron chi connectivity index (χ0n) is 12.3. The summed E-state index contributed by atoms with van der Waals surface area (Å²) in [5.41, 5.74) is 9.14. The Kier molecular flexibility index (Phi) is 4.82. The molecule has 2 aromatic carbocycles. The second kappa shape index (κ2) is 6.79. The molecule has 2 rings (SSSR count). The number of nitrogens with one attached hydrogen (secondary N) is 1. The lowest BCUT2D eigenvalue weighted by Crippen LogP contribution is -2.28. The number of rotatable bonds is 5. The molecule has 0 aliphatic heterocycles. The molecule has 0 saturated heterocycles. The molecule has 0 aliphatic rings. The van der Waals surface area contributed by atoms with Crippen LogP contribution in [0.2, 0.25) is 0 Å². The maximum Gasteiger partial charge on any atom is 0.253 e. The molecule has 0 saturated carbocycles. The van der Waals surface area contributed by atoms with Crippen LogP contribution in [0, 0.1) is 13.8 Å². The van der Waals surface area contributed by atoms with Crippen molar-refractivity contribution in [2.75, 3.05) is 18.9 Å². The van der Waals surface area contributed by atoms with E-state index in [4.69, 9.17) is 10.5 Å². The largest absolute Gasteiger partial charge is 0.492 e. The maximum atomic E-state index is 11.9. The summed E-state index contributed by atoms with van der Waals surface area (Å²) in [5.74, 6) is 0.628. The van der Waals surface area contributed by atoms with Crippen molar-refractivity contribution in [2.45, 2.75) is 13.8 Å². The summed E-state index contributed by atoms with van der Waals surface area (Å²) >= 11 is 0. The lowest BCUT2D eigenvalue weighted by Gasteiger charge is -2.10. The van der Waals surface area contributed by atoms with E-state index < -0.39 is 0 Å². The molecule has 0 bridgehead atoms. The first kappa shape index (κ1) is 14.9. The van der Waals surface area contributed by atoms with Crippen molar-refractivity contribution in [3.8, 4) is 5.75 Å². The number of aryl methyl sites for hydroxylation is 2. The van der Waals surface area contributed by atoms with Gasteiger partial charge in [-0.1, -0.05) is 18.2 Å². The van der Waals surface area contributed by atoms with E-state index in [0.717, 1.165) is 5.75 Å². The molecule has 0 aliphatic carbocycles. The number of nitrogen functional groups attached to an aromatic ring is 1. The Morgan fingerprint density at radius 1 is 1.14 bits per heavy atom. The van der Waals surface area contributed by atoms with Crippen LogP contribution in [-0.2, 0) is 0 Å². The molecule has 0 atom stereocenters. The molecule has 0 aromatic heterocycles. The smallest absolute Gasteiger partial charge is 0.253 e. The van der Waals surface area contributed by atoms with E-state index in [2.05, 4.69) is 12.2 Å². The molecule has 0 radical (unpaired) electrons. The first-order valence-corrected chi connectivity index (χ1v) is 6.90. The molecule has 21 heavy (non-hydrogen) atoms. The van der Waals surface area contributed by atoms with Gasteiger partial charge in [0.1, 0.15) is 12.4 Å². The van der Waals surface area contributed by atoms with Crippen LogP contribution >= 0.6 is 0 Å². The monoisotopic (exact) mass is 284 g/mol. The highest BCUT2D eigenvalue weighted by Crippen LogP contribution is 2.16. The van der Waals surface area contributed by atoms with Crippen molar-refractivity contribution in [1.29, 1.82) is 0 Å². The van der Waals surface area contributed by atoms with Crippen molar-refractivity contribution < 1.29 is 9.53 Å². The number of amides is 1. The van der Waals surface area contributed by atoms with E-state index in [1.54, 1.807) is 24.3 Å². The summed E-state index contributed by atoms with van der Waals surface area (Å²) in [7, 11) is 0. The Morgan fingerprint density at radius 2 is 1.90 bits per heavy atom. The molecule has 4 nitrogen and oxygen atoms in total. The number of hydrogen-bond donors (Lipinski definition) is 2. The predicted molar refractivity (Wildman–Crippen MR) is 84.6 cm³/mol. The van der Waals surface area contributed by atoms with Gasteiger partial charge in [-0.15, -0.1) is 0 Å². The number of carbonyl (C=O) groups excluding carboxylic acids is 1. The van der Waals surface area contributed by atoms with Crippen molar-refractivity contribution >= 4 is 11.6 Å². The summed E-state index contributed by atoms with van der Waals surface area (Å²) < 4.78 is 5.61.